The van der Waals surface area contributed by atoms with Crippen molar-refractivity contribution in [1.82, 2.24) is 10.3 Å². The van der Waals surface area contributed by atoms with E-state index in [1.807, 2.05) is 25.4 Å². The third-order valence-corrected chi connectivity index (χ3v) is 2.13. The lowest BCUT2D eigenvalue weighted by atomic mass is 10.3. The van der Waals surface area contributed by atoms with Crippen LogP contribution in [-0.4, -0.2) is 31.5 Å². The van der Waals surface area contributed by atoms with Crippen LogP contribution in [0.2, 0.25) is 0 Å². The minimum absolute atomic E-state index is 0.141. The van der Waals surface area contributed by atoms with Crippen molar-refractivity contribution in [3.05, 3.63) is 18.3 Å². The van der Waals surface area contributed by atoms with Crippen molar-refractivity contribution in [3.8, 4) is 0 Å². The van der Waals surface area contributed by atoms with Gasteiger partial charge in [0.2, 0.25) is 5.91 Å². The summed E-state index contributed by atoms with van der Waals surface area (Å²) in [6.07, 6.45) is 3.27. The number of amides is 1. The Labute approximate surface area is 84.3 Å². The maximum absolute atomic E-state index is 11.6. The number of rotatable bonds is 5. The average molecular weight is 195 g/mol. The van der Waals surface area contributed by atoms with Crippen LogP contribution in [0, 0.1) is 0 Å². The van der Waals surface area contributed by atoms with Gasteiger partial charge in [-0.1, -0.05) is 0 Å². The first-order chi connectivity index (χ1) is 6.75. The second-order valence-corrected chi connectivity index (χ2v) is 3.22. The van der Waals surface area contributed by atoms with Crippen LogP contribution in [0.4, 0.5) is 5.82 Å². The predicted octanol–water partition coefficient (Wildman–Crippen LogP) is 0.977. The number of hydrogen-bond donors (Lipinski definition) is 2. The van der Waals surface area contributed by atoms with Crippen molar-refractivity contribution >= 4 is 11.7 Å². The van der Waals surface area contributed by atoms with Crippen molar-refractivity contribution in [1.29, 1.82) is 0 Å². The summed E-state index contributed by atoms with van der Waals surface area (Å²) >= 11 is 0. The molecule has 0 aliphatic heterocycles. The second kappa shape index (κ2) is 5.44. The van der Waals surface area contributed by atoms with E-state index in [1.54, 1.807) is 11.9 Å². The first kappa shape index (κ1) is 10.8. The molecule has 1 amide bonds. The van der Waals surface area contributed by atoms with Crippen molar-refractivity contribution in [2.75, 3.05) is 25.5 Å². The zero-order valence-electron chi connectivity index (χ0n) is 8.71. The fraction of sp³-hybridized carbons (Fsp3) is 0.500. The summed E-state index contributed by atoms with van der Waals surface area (Å²) in [5.41, 5.74) is 0. The summed E-state index contributed by atoms with van der Waals surface area (Å²) in [6, 6.07) is 3.77. The summed E-state index contributed by atoms with van der Waals surface area (Å²) in [7, 11) is 3.67. The molecule has 0 bridgehead atoms. The van der Waals surface area contributed by atoms with Crippen LogP contribution in [0.1, 0.15) is 12.8 Å². The molecule has 4 heteroatoms. The van der Waals surface area contributed by atoms with Gasteiger partial charge in [-0.2, -0.15) is 0 Å². The van der Waals surface area contributed by atoms with E-state index < -0.39 is 0 Å². The second-order valence-electron chi connectivity index (χ2n) is 3.22. The summed E-state index contributed by atoms with van der Waals surface area (Å²) in [5, 5.41) is 3.02. The van der Waals surface area contributed by atoms with Crippen LogP contribution < -0.4 is 10.2 Å². The third kappa shape index (κ3) is 2.88. The van der Waals surface area contributed by atoms with Crippen LogP contribution in [0.5, 0.6) is 0 Å². The highest BCUT2D eigenvalue weighted by Crippen LogP contribution is 2.09. The van der Waals surface area contributed by atoms with Crippen molar-refractivity contribution in [2.24, 2.45) is 0 Å². The van der Waals surface area contributed by atoms with E-state index in [0.29, 0.717) is 6.42 Å². The Morgan fingerprint density at radius 1 is 1.64 bits per heavy atom. The van der Waals surface area contributed by atoms with Gasteiger partial charge in [0.15, 0.2) is 0 Å². The van der Waals surface area contributed by atoms with Crippen molar-refractivity contribution in [3.63, 3.8) is 0 Å². The minimum atomic E-state index is 0.141. The Morgan fingerprint density at radius 3 is 3.00 bits per heavy atom. The van der Waals surface area contributed by atoms with Gasteiger partial charge in [0.1, 0.15) is 5.82 Å². The van der Waals surface area contributed by atoms with Gasteiger partial charge in [0.05, 0.1) is 0 Å². The molecule has 1 rings (SSSR count). The lowest BCUT2D eigenvalue weighted by Crippen LogP contribution is -2.27. The quantitative estimate of drug-likeness (QED) is 0.688. The number of carbonyl (C=O) groups is 1. The smallest absolute Gasteiger partial charge is 0.227 e. The predicted molar refractivity (Wildman–Crippen MR) is 57.4 cm³/mol. The molecule has 0 aliphatic rings. The van der Waals surface area contributed by atoms with Gasteiger partial charge in [-0.25, -0.2) is 0 Å². The number of nitrogens with one attached hydrogen (secondary N) is 2. The lowest BCUT2D eigenvalue weighted by Gasteiger charge is -2.14. The molecule has 0 fully saturated rings. The van der Waals surface area contributed by atoms with Crippen LogP contribution in [-0.2, 0) is 4.79 Å². The van der Waals surface area contributed by atoms with Crippen LogP contribution in [0.25, 0.3) is 0 Å². The molecular weight excluding hydrogens is 178 g/mol. The monoisotopic (exact) mass is 195 g/mol. The van der Waals surface area contributed by atoms with Crippen LogP contribution >= 0.6 is 0 Å². The number of H-pyrrole nitrogens is 1. The zero-order valence-corrected chi connectivity index (χ0v) is 8.71. The number of nitrogens with zero attached hydrogens (tertiary/aromatic N) is 1. The van der Waals surface area contributed by atoms with E-state index in [4.69, 9.17) is 0 Å². The molecule has 0 saturated heterocycles. The van der Waals surface area contributed by atoms with Crippen LogP contribution in [0.15, 0.2) is 18.3 Å². The van der Waals surface area contributed by atoms with Crippen molar-refractivity contribution in [2.45, 2.75) is 12.8 Å². The molecule has 1 heterocycles. The number of hydrogen-bond acceptors (Lipinski definition) is 2. The highest BCUT2D eigenvalue weighted by Gasteiger charge is 2.09. The van der Waals surface area contributed by atoms with E-state index in [2.05, 4.69) is 10.3 Å². The summed E-state index contributed by atoms with van der Waals surface area (Å²) in [6.45, 7) is 0.879. The topological polar surface area (TPSA) is 48.1 Å². The normalized spacial score (nSPS) is 10.1. The molecule has 4 nitrogen and oxygen atoms in total. The van der Waals surface area contributed by atoms with E-state index in [9.17, 15) is 4.79 Å². The third-order valence-electron chi connectivity index (χ3n) is 2.13. The molecular formula is C10H17N3O. The number of carbonyl (C=O) groups excluding carboxylic acids is 1. The fourth-order valence-electron chi connectivity index (χ4n) is 1.25. The summed E-state index contributed by atoms with van der Waals surface area (Å²) in [4.78, 5) is 16.2. The Balaban J connectivity index is 2.37. The lowest BCUT2D eigenvalue weighted by molar-refractivity contribution is -0.118. The fourth-order valence-corrected chi connectivity index (χ4v) is 1.25. The first-order valence-corrected chi connectivity index (χ1v) is 4.80. The molecule has 0 unspecified atom stereocenters. The molecule has 0 aliphatic carbocycles. The molecule has 14 heavy (non-hydrogen) atoms. The Morgan fingerprint density at radius 2 is 2.43 bits per heavy atom. The zero-order chi connectivity index (χ0) is 10.4. The van der Waals surface area contributed by atoms with E-state index in [-0.39, 0.29) is 5.91 Å². The van der Waals surface area contributed by atoms with Gasteiger partial charge in [-0.15, -0.1) is 0 Å². The Hall–Kier alpha value is -1.29. The highest BCUT2D eigenvalue weighted by molar-refractivity contribution is 5.91. The molecule has 0 spiro atoms. The largest absolute Gasteiger partial charge is 0.348 e. The number of aromatic nitrogens is 1. The van der Waals surface area contributed by atoms with Gasteiger partial charge < -0.3 is 15.2 Å². The molecule has 78 valence electrons. The molecule has 2 N–H and O–H groups in total. The number of anilines is 1. The molecule has 0 aromatic carbocycles. The summed E-state index contributed by atoms with van der Waals surface area (Å²) < 4.78 is 0. The van der Waals surface area contributed by atoms with Gasteiger partial charge in [-0.05, 0) is 32.1 Å². The van der Waals surface area contributed by atoms with Gasteiger partial charge in [-0.3, -0.25) is 4.79 Å². The van der Waals surface area contributed by atoms with Gasteiger partial charge in [0, 0.05) is 19.7 Å². The Bertz CT molecular complexity index is 269. The Kier molecular flexibility index (Phi) is 4.19. The van der Waals surface area contributed by atoms with E-state index >= 15 is 0 Å². The standard InChI is InChI=1S/C10H17N3O/c1-11-7-4-6-10(14)13(2)9-5-3-8-12-9/h3,5,8,11-12H,4,6-7H2,1-2H3. The number of aromatic amines is 1. The summed E-state index contributed by atoms with van der Waals surface area (Å²) in [5.74, 6) is 0.988. The maximum atomic E-state index is 11.6. The van der Waals surface area contributed by atoms with Gasteiger partial charge >= 0.3 is 0 Å². The molecule has 0 radical (unpaired) electrons. The van der Waals surface area contributed by atoms with E-state index in [0.717, 1.165) is 18.8 Å². The molecule has 0 saturated carbocycles. The van der Waals surface area contributed by atoms with Crippen LogP contribution in [0.3, 0.4) is 0 Å². The molecule has 0 atom stereocenters. The molecule has 1 aromatic heterocycles. The SMILES string of the molecule is CNCCCC(=O)N(C)c1ccc[nH]1. The highest BCUT2D eigenvalue weighted by atomic mass is 16.2. The maximum Gasteiger partial charge on any atom is 0.227 e. The first-order valence-electron chi connectivity index (χ1n) is 4.80. The molecule has 1 aromatic rings. The minimum Gasteiger partial charge on any atom is -0.348 e. The average Bonchev–Trinajstić information content (AvgIpc) is 2.69. The van der Waals surface area contributed by atoms with E-state index in [1.165, 1.54) is 0 Å². The van der Waals surface area contributed by atoms with Gasteiger partial charge in [0.25, 0.3) is 0 Å². The van der Waals surface area contributed by atoms with Crippen molar-refractivity contribution < 1.29 is 4.79 Å².